The number of nitriles is 1. The molecule has 0 aliphatic carbocycles. The summed E-state index contributed by atoms with van der Waals surface area (Å²) in [5.41, 5.74) is 0.395. The third-order valence-electron chi connectivity index (χ3n) is 3.90. The van der Waals surface area contributed by atoms with Crippen LogP contribution in [0.5, 0.6) is 0 Å². The smallest absolute Gasteiger partial charge is 0.410 e. The second-order valence-electron chi connectivity index (χ2n) is 7.11. The molecule has 1 aliphatic rings. The minimum atomic E-state index is -0.541. The van der Waals surface area contributed by atoms with E-state index in [0.717, 1.165) is 0 Å². The van der Waals surface area contributed by atoms with Crippen molar-refractivity contribution >= 4 is 12.0 Å². The fourth-order valence-corrected chi connectivity index (χ4v) is 2.73. The molecule has 2 rings (SSSR count). The molecule has 1 atom stereocenters. The van der Waals surface area contributed by atoms with Crippen molar-refractivity contribution in [1.29, 1.82) is 5.26 Å². The number of ether oxygens (including phenoxy) is 1. The molecule has 2 heterocycles. The molecule has 24 heavy (non-hydrogen) atoms. The van der Waals surface area contributed by atoms with Crippen LogP contribution >= 0.6 is 0 Å². The maximum absolute atomic E-state index is 12.7. The fraction of sp³-hybridized carbons (Fsp3) is 0.588. The first kappa shape index (κ1) is 17.9. The van der Waals surface area contributed by atoms with Crippen LogP contribution in [-0.2, 0) is 11.8 Å². The molecule has 1 aliphatic heterocycles. The largest absolute Gasteiger partial charge is 0.444 e. The number of aryl methyl sites for hydroxylation is 1. The maximum atomic E-state index is 12.7. The summed E-state index contributed by atoms with van der Waals surface area (Å²) in [6, 6.07) is 3.50. The minimum absolute atomic E-state index is 0.130. The van der Waals surface area contributed by atoms with E-state index in [2.05, 4.69) is 0 Å². The van der Waals surface area contributed by atoms with E-state index in [9.17, 15) is 9.59 Å². The molecule has 1 aromatic rings. The van der Waals surface area contributed by atoms with E-state index in [0.29, 0.717) is 30.9 Å². The topological polar surface area (TPSA) is 78.6 Å². The minimum Gasteiger partial charge on any atom is -0.444 e. The van der Waals surface area contributed by atoms with Crippen molar-refractivity contribution in [2.45, 2.75) is 39.3 Å². The second-order valence-corrected chi connectivity index (χ2v) is 7.11. The number of amides is 2. The van der Waals surface area contributed by atoms with Crippen molar-refractivity contribution in [3.8, 4) is 6.07 Å². The molecular formula is C17H24N4O3. The van der Waals surface area contributed by atoms with Crippen molar-refractivity contribution < 1.29 is 14.3 Å². The number of rotatable bonds is 1. The third-order valence-corrected chi connectivity index (χ3v) is 3.90. The quantitative estimate of drug-likeness (QED) is 0.788. The van der Waals surface area contributed by atoms with E-state index in [1.54, 1.807) is 33.7 Å². The van der Waals surface area contributed by atoms with Crippen LogP contribution in [0.2, 0.25) is 0 Å². The predicted octanol–water partition coefficient (Wildman–Crippen LogP) is 1.98. The number of nitrogens with zero attached hydrogens (tertiary/aromatic N) is 4. The van der Waals surface area contributed by atoms with Gasteiger partial charge in [0, 0.05) is 38.9 Å². The Bertz CT molecular complexity index is 681. The molecule has 0 aromatic carbocycles. The van der Waals surface area contributed by atoms with Gasteiger partial charge in [0.15, 0.2) is 0 Å². The molecule has 0 bridgehead atoms. The molecule has 0 saturated carbocycles. The summed E-state index contributed by atoms with van der Waals surface area (Å²) in [6.45, 7) is 8.69. The van der Waals surface area contributed by atoms with Gasteiger partial charge >= 0.3 is 6.09 Å². The lowest BCUT2D eigenvalue weighted by Crippen LogP contribution is -2.56. The number of piperazine rings is 1. The fourth-order valence-electron chi connectivity index (χ4n) is 2.73. The van der Waals surface area contributed by atoms with E-state index in [4.69, 9.17) is 10.00 Å². The highest BCUT2D eigenvalue weighted by atomic mass is 16.6. The van der Waals surface area contributed by atoms with Gasteiger partial charge < -0.3 is 19.1 Å². The van der Waals surface area contributed by atoms with Crippen LogP contribution in [0, 0.1) is 11.3 Å². The molecule has 1 saturated heterocycles. The Labute approximate surface area is 142 Å². The van der Waals surface area contributed by atoms with Gasteiger partial charge in [-0.2, -0.15) is 5.26 Å². The average molecular weight is 332 g/mol. The number of aromatic nitrogens is 1. The number of carbonyl (C=O) groups excluding carboxylic acids is 2. The van der Waals surface area contributed by atoms with Gasteiger partial charge in [-0.3, -0.25) is 4.79 Å². The molecule has 0 unspecified atom stereocenters. The third kappa shape index (κ3) is 3.88. The monoisotopic (exact) mass is 332 g/mol. The van der Waals surface area contributed by atoms with Gasteiger partial charge in [0.2, 0.25) is 0 Å². The molecule has 0 N–H and O–H groups in total. The molecule has 1 fully saturated rings. The first-order valence-corrected chi connectivity index (χ1v) is 7.97. The molecule has 1 aromatic heterocycles. The summed E-state index contributed by atoms with van der Waals surface area (Å²) >= 11 is 0. The maximum Gasteiger partial charge on any atom is 0.410 e. The Morgan fingerprint density at radius 3 is 2.50 bits per heavy atom. The lowest BCUT2D eigenvalue weighted by molar-refractivity contribution is 0.00184. The lowest BCUT2D eigenvalue weighted by Gasteiger charge is -2.40. The van der Waals surface area contributed by atoms with Crippen LogP contribution in [0.15, 0.2) is 12.3 Å². The Morgan fingerprint density at radius 1 is 1.33 bits per heavy atom. The van der Waals surface area contributed by atoms with Crippen LogP contribution in [-0.4, -0.2) is 57.6 Å². The van der Waals surface area contributed by atoms with Crippen LogP contribution in [0.3, 0.4) is 0 Å². The van der Waals surface area contributed by atoms with Crippen LogP contribution in [0.25, 0.3) is 0 Å². The zero-order valence-corrected chi connectivity index (χ0v) is 14.9. The van der Waals surface area contributed by atoms with Crippen LogP contribution in [0.4, 0.5) is 4.79 Å². The second kappa shape index (κ2) is 6.56. The molecule has 0 radical (unpaired) electrons. The van der Waals surface area contributed by atoms with E-state index >= 15 is 0 Å². The predicted molar refractivity (Wildman–Crippen MR) is 88.4 cm³/mol. The summed E-state index contributed by atoms with van der Waals surface area (Å²) in [7, 11) is 1.74. The van der Waals surface area contributed by atoms with Crippen molar-refractivity contribution in [1.82, 2.24) is 14.4 Å². The van der Waals surface area contributed by atoms with Gasteiger partial charge in [0.1, 0.15) is 17.4 Å². The first-order chi connectivity index (χ1) is 11.1. The summed E-state index contributed by atoms with van der Waals surface area (Å²) in [4.78, 5) is 28.3. The van der Waals surface area contributed by atoms with E-state index in [-0.39, 0.29) is 18.0 Å². The average Bonchev–Trinajstić information content (AvgIpc) is 2.85. The standard InChI is InChI=1S/C17H24N4O3/c1-12-10-20(6-7-21(12)16(23)24-17(2,3)4)15(22)14-8-13(9-18)11-19(14)5/h8,11-12H,6-7,10H2,1-5H3/t12-/m0/s1. The highest BCUT2D eigenvalue weighted by Crippen LogP contribution is 2.18. The molecular weight excluding hydrogens is 308 g/mol. The summed E-state index contributed by atoms with van der Waals surface area (Å²) in [6.07, 6.45) is 1.28. The number of hydrogen-bond acceptors (Lipinski definition) is 4. The van der Waals surface area contributed by atoms with Gasteiger partial charge in [0.05, 0.1) is 5.56 Å². The van der Waals surface area contributed by atoms with E-state index < -0.39 is 5.60 Å². The van der Waals surface area contributed by atoms with E-state index in [1.165, 1.54) is 0 Å². The molecule has 130 valence electrons. The van der Waals surface area contributed by atoms with Crippen molar-refractivity contribution in [3.63, 3.8) is 0 Å². The SMILES string of the molecule is C[C@H]1CN(C(=O)c2cc(C#N)cn2C)CCN1C(=O)OC(C)(C)C. The Kier molecular flexibility index (Phi) is 4.88. The van der Waals surface area contributed by atoms with Gasteiger partial charge in [-0.1, -0.05) is 0 Å². The van der Waals surface area contributed by atoms with E-state index in [1.807, 2.05) is 33.8 Å². The lowest BCUT2D eigenvalue weighted by atomic mass is 10.1. The van der Waals surface area contributed by atoms with Crippen LogP contribution in [0.1, 0.15) is 43.7 Å². The Morgan fingerprint density at radius 2 is 2.00 bits per heavy atom. The van der Waals surface area contributed by atoms with Crippen molar-refractivity contribution in [2.24, 2.45) is 7.05 Å². The zero-order valence-electron chi connectivity index (χ0n) is 14.9. The van der Waals surface area contributed by atoms with Gasteiger partial charge in [0.25, 0.3) is 5.91 Å². The number of hydrogen-bond donors (Lipinski definition) is 0. The summed E-state index contributed by atoms with van der Waals surface area (Å²) < 4.78 is 7.07. The normalized spacial score (nSPS) is 18.2. The molecule has 2 amide bonds. The first-order valence-electron chi connectivity index (χ1n) is 7.97. The van der Waals surface area contributed by atoms with Crippen molar-refractivity contribution in [3.05, 3.63) is 23.5 Å². The van der Waals surface area contributed by atoms with Gasteiger partial charge in [-0.25, -0.2) is 4.79 Å². The Balaban J connectivity index is 2.05. The highest BCUT2D eigenvalue weighted by molar-refractivity contribution is 5.93. The van der Waals surface area contributed by atoms with Crippen LogP contribution < -0.4 is 0 Å². The van der Waals surface area contributed by atoms with Gasteiger partial charge in [-0.15, -0.1) is 0 Å². The zero-order chi connectivity index (χ0) is 18.1. The summed E-state index contributed by atoms with van der Waals surface area (Å²) in [5.74, 6) is -0.130. The molecule has 7 nitrogen and oxygen atoms in total. The molecule has 7 heteroatoms. The van der Waals surface area contributed by atoms with Gasteiger partial charge in [-0.05, 0) is 33.8 Å². The summed E-state index contributed by atoms with van der Waals surface area (Å²) in [5, 5.41) is 8.95. The number of carbonyl (C=O) groups is 2. The van der Waals surface area contributed by atoms with Crippen molar-refractivity contribution in [2.75, 3.05) is 19.6 Å². The Hall–Kier alpha value is -2.49. The highest BCUT2D eigenvalue weighted by Gasteiger charge is 2.33. The molecule has 0 spiro atoms.